The van der Waals surface area contributed by atoms with Crippen LogP contribution in [0.4, 0.5) is 18.9 Å². The van der Waals surface area contributed by atoms with Crippen LogP contribution in [-0.4, -0.2) is 23.9 Å². The second-order valence-electron chi connectivity index (χ2n) is 6.75. The molecule has 4 rings (SSSR count). The molecule has 3 nitrogen and oxygen atoms in total. The molecule has 0 aliphatic carbocycles. The summed E-state index contributed by atoms with van der Waals surface area (Å²) < 4.78 is 41.1. The Morgan fingerprint density at radius 3 is 2.23 bits per heavy atom. The quantitative estimate of drug-likeness (QED) is 0.764. The SMILES string of the molecule is O=C1c2cccc(C(F)(F)F)c2C(N2CCCCC2)N1c1ccccc1. The van der Waals surface area contributed by atoms with Crippen LogP contribution >= 0.6 is 0 Å². The Balaban J connectivity index is 1.90. The Morgan fingerprint density at radius 2 is 1.58 bits per heavy atom. The van der Waals surface area contributed by atoms with Crippen molar-refractivity contribution in [2.24, 2.45) is 0 Å². The zero-order valence-electron chi connectivity index (χ0n) is 14.2. The van der Waals surface area contributed by atoms with Crippen molar-refractivity contribution >= 4 is 11.6 Å². The van der Waals surface area contributed by atoms with Crippen molar-refractivity contribution in [1.29, 1.82) is 0 Å². The van der Waals surface area contributed by atoms with Crippen molar-refractivity contribution in [2.75, 3.05) is 18.0 Å². The number of benzene rings is 2. The number of piperidine rings is 1. The van der Waals surface area contributed by atoms with Crippen LogP contribution < -0.4 is 4.90 Å². The van der Waals surface area contributed by atoms with Gasteiger partial charge in [-0.15, -0.1) is 0 Å². The fraction of sp³-hybridized carbons (Fsp3) is 0.350. The second-order valence-corrected chi connectivity index (χ2v) is 6.75. The fourth-order valence-corrected chi connectivity index (χ4v) is 4.00. The van der Waals surface area contributed by atoms with Gasteiger partial charge >= 0.3 is 6.18 Å². The average molecular weight is 360 g/mol. The Morgan fingerprint density at radius 1 is 0.885 bits per heavy atom. The van der Waals surface area contributed by atoms with Gasteiger partial charge in [-0.25, -0.2) is 0 Å². The van der Waals surface area contributed by atoms with Gasteiger partial charge in [0.25, 0.3) is 5.91 Å². The van der Waals surface area contributed by atoms with E-state index in [0.29, 0.717) is 18.8 Å². The number of para-hydroxylation sites is 1. The Labute approximate surface area is 150 Å². The first-order chi connectivity index (χ1) is 12.5. The van der Waals surface area contributed by atoms with Crippen LogP contribution in [0.25, 0.3) is 0 Å². The third-order valence-electron chi connectivity index (χ3n) is 5.13. The van der Waals surface area contributed by atoms with Crippen LogP contribution in [0.3, 0.4) is 0 Å². The van der Waals surface area contributed by atoms with Crippen LogP contribution in [0, 0.1) is 0 Å². The van der Waals surface area contributed by atoms with Crippen LogP contribution in [0.1, 0.15) is 46.9 Å². The maximum absolute atomic E-state index is 13.7. The molecule has 2 aliphatic heterocycles. The molecule has 6 heteroatoms. The number of anilines is 1. The number of amides is 1. The number of alkyl halides is 3. The van der Waals surface area contributed by atoms with Gasteiger partial charge in [-0.05, 0) is 37.1 Å². The van der Waals surface area contributed by atoms with E-state index in [4.69, 9.17) is 0 Å². The number of fused-ring (bicyclic) bond motifs is 1. The number of carbonyl (C=O) groups excluding carboxylic acids is 1. The first-order valence-electron chi connectivity index (χ1n) is 8.81. The molecule has 2 aromatic rings. The van der Waals surface area contributed by atoms with E-state index in [1.54, 1.807) is 24.3 Å². The lowest BCUT2D eigenvalue weighted by molar-refractivity contribution is -0.138. The molecule has 0 bridgehead atoms. The smallest absolute Gasteiger partial charge is 0.288 e. The predicted molar refractivity (Wildman–Crippen MR) is 92.9 cm³/mol. The fourth-order valence-electron chi connectivity index (χ4n) is 4.00. The summed E-state index contributed by atoms with van der Waals surface area (Å²) in [5, 5.41) is 0. The Kier molecular flexibility index (Phi) is 4.23. The molecule has 0 aromatic heterocycles. The molecule has 1 atom stereocenters. The first-order valence-corrected chi connectivity index (χ1v) is 8.81. The van der Waals surface area contributed by atoms with Crippen LogP contribution in [-0.2, 0) is 6.18 Å². The number of likely N-dealkylation sites (tertiary alicyclic amines) is 1. The molecule has 1 amide bonds. The molecular formula is C20H19F3N2O. The van der Waals surface area contributed by atoms with Gasteiger partial charge in [-0.1, -0.05) is 30.7 Å². The van der Waals surface area contributed by atoms with E-state index in [2.05, 4.69) is 0 Å². The summed E-state index contributed by atoms with van der Waals surface area (Å²) in [5.74, 6) is -0.368. The summed E-state index contributed by atoms with van der Waals surface area (Å²) in [6.07, 6.45) is -2.28. The number of carbonyl (C=O) groups is 1. The molecule has 2 aromatic carbocycles. The molecule has 2 heterocycles. The molecular weight excluding hydrogens is 341 g/mol. The van der Waals surface area contributed by atoms with Gasteiger partial charge in [0, 0.05) is 29.9 Å². The van der Waals surface area contributed by atoms with Gasteiger partial charge in [-0.2, -0.15) is 13.2 Å². The molecule has 0 radical (unpaired) electrons. The lowest BCUT2D eigenvalue weighted by Crippen LogP contribution is -2.43. The maximum atomic E-state index is 13.7. The molecule has 2 aliphatic rings. The van der Waals surface area contributed by atoms with E-state index in [1.807, 2.05) is 11.0 Å². The number of nitrogens with zero attached hydrogens (tertiary/aromatic N) is 2. The summed E-state index contributed by atoms with van der Waals surface area (Å²) in [6, 6.07) is 12.9. The zero-order valence-corrected chi connectivity index (χ0v) is 14.2. The van der Waals surface area contributed by atoms with Crippen LogP contribution in [0.2, 0.25) is 0 Å². The molecule has 136 valence electrons. The standard InChI is InChI=1S/C20H19F3N2O/c21-20(22,23)16-11-7-10-15-17(16)18(24-12-5-2-6-13-24)25(19(15)26)14-8-3-1-4-9-14/h1,3-4,7-11,18H,2,5-6,12-13H2. The molecule has 26 heavy (non-hydrogen) atoms. The highest BCUT2D eigenvalue weighted by atomic mass is 19.4. The minimum atomic E-state index is -4.49. The average Bonchev–Trinajstić information content (AvgIpc) is 2.95. The topological polar surface area (TPSA) is 23.6 Å². The molecule has 0 spiro atoms. The first kappa shape index (κ1) is 17.1. The second kappa shape index (κ2) is 6.43. The predicted octanol–water partition coefficient (Wildman–Crippen LogP) is 4.85. The van der Waals surface area contributed by atoms with E-state index in [-0.39, 0.29) is 17.0 Å². The van der Waals surface area contributed by atoms with Crippen molar-refractivity contribution in [3.8, 4) is 0 Å². The monoisotopic (exact) mass is 360 g/mol. The van der Waals surface area contributed by atoms with E-state index >= 15 is 0 Å². The van der Waals surface area contributed by atoms with Gasteiger partial charge in [0.1, 0.15) is 6.17 Å². The summed E-state index contributed by atoms with van der Waals surface area (Å²) in [5.41, 5.74) is 0.157. The molecule has 0 N–H and O–H groups in total. The normalized spacial score (nSPS) is 21.1. The van der Waals surface area contributed by atoms with Crippen molar-refractivity contribution < 1.29 is 18.0 Å². The highest BCUT2D eigenvalue weighted by molar-refractivity contribution is 6.11. The number of halogens is 3. The summed E-state index contributed by atoms with van der Waals surface area (Å²) in [7, 11) is 0. The maximum Gasteiger partial charge on any atom is 0.416 e. The van der Waals surface area contributed by atoms with Crippen LogP contribution in [0.15, 0.2) is 48.5 Å². The summed E-state index contributed by atoms with van der Waals surface area (Å²) >= 11 is 0. The van der Waals surface area contributed by atoms with Gasteiger partial charge in [-0.3, -0.25) is 14.6 Å². The zero-order chi connectivity index (χ0) is 18.3. The number of hydrogen-bond donors (Lipinski definition) is 0. The highest BCUT2D eigenvalue weighted by Crippen LogP contribution is 2.46. The van der Waals surface area contributed by atoms with Gasteiger partial charge in [0.05, 0.1) is 5.56 Å². The van der Waals surface area contributed by atoms with Gasteiger partial charge in [0.15, 0.2) is 0 Å². The third-order valence-corrected chi connectivity index (χ3v) is 5.13. The third kappa shape index (κ3) is 2.78. The molecule has 1 fully saturated rings. The molecule has 1 saturated heterocycles. The van der Waals surface area contributed by atoms with Crippen molar-refractivity contribution in [2.45, 2.75) is 31.6 Å². The summed E-state index contributed by atoms with van der Waals surface area (Å²) in [4.78, 5) is 16.6. The van der Waals surface area contributed by atoms with E-state index in [0.717, 1.165) is 25.3 Å². The van der Waals surface area contributed by atoms with Gasteiger partial charge in [0.2, 0.25) is 0 Å². The lowest BCUT2D eigenvalue weighted by Gasteiger charge is -2.38. The molecule has 0 saturated carbocycles. The lowest BCUT2D eigenvalue weighted by atomic mass is 9.99. The van der Waals surface area contributed by atoms with E-state index < -0.39 is 17.9 Å². The largest absolute Gasteiger partial charge is 0.416 e. The van der Waals surface area contributed by atoms with Gasteiger partial charge < -0.3 is 0 Å². The van der Waals surface area contributed by atoms with Crippen molar-refractivity contribution in [1.82, 2.24) is 4.90 Å². The van der Waals surface area contributed by atoms with Crippen molar-refractivity contribution in [3.63, 3.8) is 0 Å². The Bertz CT molecular complexity index is 814. The van der Waals surface area contributed by atoms with E-state index in [9.17, 15) is 18.0 Å². The number of rotatable bonds is 2. The Hall–Kier alpha value is -2.34. The number of hydrogen-bond acceptors (Lipinski definition) is 2. The van der Waals surface area contributed by atoms with Crippen LogP contribution in [0.5, 0.6) is 0 Å². The summed E-state index contributed by atoms with van der Waals surface area (Å²) in [6.45, 7) is 1.37. The molecule has 1 unspecified atom stereocenters. The minimum Gasteiger partial charge on any atom is -0.288 e. The van der Waals surface area contributed by atoms with Crippen molar-refractivity contribution in [3.05, 3.63) is 65.2 Å². The highest BCUT2D eigenvalue weighted by Gasteiger charge is 2.47. The minimum absolute atomic E-state index is 0.0933. The van der Waals surface area contributed by atoms with E-state index in [1.165, 1.54) is 17.0 Å².